The van der Waals surface area contributed by atoms with E-state index in [1.54, 1.807) is 19.2 Å². The fourth-order valence-corrected chi connectivity index (χ4v) is 0.902. The van der Waals surface area contributed by atoms with Crippen molar-refractivity contribution in [3.05, 3.63) is 35.4 Å². The zero-order valence-corrected chi connectivity index (χ0v) is 7.01. The van der Waals surface area contributed by atoms with Gasteiger partial charge in [0.2, 0.25) is 0 Å². The van der Waals surface area contributed by atoms with Gasteiger partial charge >= 0.3 is 0 Å². The number of rotatable bonds is 4. The molecule has 1 aromatic rings. The van der Waals surface area contributed by atoms with Gasteiger partial charge in [-0.25, -0.2) is 4.39 Å². The first-order valence-electron chi connectivity index (χ1n) is 3.76. The number of hydrogen-bond acceptors (Lipinski definition) is 2. The van der Waals surface area contributed by atoms with Crippen LogP contribution in [0.5, 0.6) is 0 Å². The number of benzene rings is 1. The van der Waals surface area contributed by atoms with E-state index < -0.39 is 6.67 Å². The first-order chi connectivity index (χ1) is 5.86. The molecule has 0 fully saturated rings. The van der Waals surface area contributed by atoms with Crippen LogP contribution in [0, 0.1) is 0 Å². The van der Waals surface area contributed by atoms with Crippen LogP contribution in [-0.4, -0.2) is 7.11 Å². The Hall–Kier alpha value is -0.930. The lowest BCUT2D eigenvalue weighted by molar-refractivity contribution is 0.0867. The number of hydroxylamine groups is 1. The van der Waals surface area contributed by atoms with Crippen molar-refractivity contribution in [1.29, 1.82) is 0 Å². The van der Waals surface area contributed by atoms with Crippen molar-refractivity contribution in [3.63, 3.8) is 0 Å². The molecule has 0 unspecified atom stereocenters. The van der Waals surface area contributed by atoms with Crippen LogP contribution in [0.2, 0.25) is 0 Å². The van der Waals surface area contributed by atoms with E-state index in [0.717, 1.165) is 5.56 Å². The van der Waals surface area contributed by atoms with E-state index in [0.29, 0.717) is 12.1 Å². The molecule has 0 atom stereocenters. The molecule has 0 radical (unpaired) electrons. The minimum atomic E-state index is -0.405. The topological polar surface area (TPSA) is 21.3 Å². The van der Waals surface area contributed by atoms with Gasteiger partial charge in [-0.1, -0.05) is 24.3 Å². The lowest BCUT2D eigenvalue weighted by Crippen LogP contribution is -2.10. The van der Waals surface area contributed by atoms with Crippen LogP contribution in [0.4, 0.5) is 4.39 Å². The molecule has 0 aliphatic heterocycles. The molecular weight excluding hydrogens is 157 g/mol. The second-order valence-electron chi connectivity index (χ2n) is 2.48. The summed E-state index contributed by atoms with van der Waals surface area (Å²) in [4.78, 5) is 4.68. The van der Waals surface area contributed by atoms with Gasteiger partial charge in [0, 0.05) is 6.54 Å². The van der Waals surface area contributed by atoms with Gasteiger partial charge in [0.1, 0.15) is 6.67 Å². The van der Waals surface area contributed by atoms with Crippen LogP contribution in [0.15, 0.2) is 24.3 Å². The summed E-state index contributed by atoms with van der Waals surface area (Å²) in [6, 6.07) is 7.29. The van der Waals surface area contributed by atoms with Gasteiger partial charge in [0.15, 0.2) is 0 Å². The molecule has 1 N–H and O–H groups in total. The zero-order valence-electron chi connectivity index (χ0n) is 7.01. The van der Waals surface area contributed by atoms with Gasteiger partial charge in [-0.3, -0.25) is 0 Å². The fraction of sp³-hybridized carbons (Fsp3) is 0.333. The smallest absolute Gasteiger partial charge is 0.115 e. The maximum atomic E-state index is 12.1. The van der Waals surface area contributed by atoms with Crippen molar-refractivity contribution in [1.82, 2.24) is 5.48 Å². The van der Waals surface area contributed by atoms with Crippen molar-refractivity contribution in [2.24, 2.45) is 0 Å². The van der Waals surface area contributed by atoms with Gasteiger partial charge < -0.3 is 4.84 Å². The van der Waals surface area contributed by atoms with E-state index in [1.807, 2.05) is 12.1 Å². The van der Waals surface area contributed by atoms with E-state index in [4.69, 9.17) is 0 Å². The first-order valence-corrected chi connectivity index (χ1v) is 3.76. The van der Waals surface area contributed by atoms with Crippen LogP contribution in [0.3, 0.4) is 0 Å². The number of nitrogens with one attached hydrogen (secondary N) is 1. The predicted molar refractivity (Wildman–Crippen MR) is 45.1 cm³/mol. The minimum Gasteiger partial charge on any atom is -0.305 e. The van der Waals surface area contributed by atoms with Gasteiger partial charge in [-0.15, -0.1) is 0 Å². The van der Waals surface area contributed by atoms with Crippen molar-refractivity contribution in [3.8, 4) is 0 Å². The molecule has 0 aromatic heterocycles. The minimum absolute atomic E-state index is 0.405. The summed E-state index contributed by atoms with van der Waals surface area (Å²) in [7, 11) is 1.57. The van der Waals surface area contributed by atoms with Crippen LogP contribution < -0.4 is 5.48 Å². The molecule has 0 amide bonds. The number of halogens is 1. The zero-order chi connectivity index (χ0) is 8.81. The first kappa shape index (κ1) is 9.16. The number of hydrogen-bond donors (Lipinski definition) is 1. The Morgan fingerprint density at radius 2 is 1.83 bits per heavy atom. The van der Waals surface area contributed by atoms with Gasteiger partial charge in [0.25, 0.3) is 0 Å². The largest absolute Gasteiger partial charge is 0.305 e. The fourth-order valence-electron chi connectivity index (χ4n) is 0.902. The molecule has 0 bridgehead atoms. The molecule has 2 nitrogen and oxygen atoms in total. The summed E-state index contributed by atoms with van der Waals surface area (Å²) in [6.07, 6.45) is 0. The van der Waals surface area contributed by atoms with Crippen molar-refractivity contribution >= 4 is 0 Å². The quantitative estimate of drug-likeness (QED) is 0.694. The Labute approximate surface area is 71.3 Å². The third-order valence-electron chi connectivity index (χ3n) is 1.60. The Morgan fingerprint density at radius 1 is 1.25 bits per heavy atom. The van der Waals surface area contributed by atoms with Gasteiger partial charge in [-0.2, -0.15) is 5.48 Å². The SMILES string of the molecule is CONCc1ccc(CF)cc1. The Morgan fingerprint density at radius 3 is 2.33 bits per heavy atom. The summed E-state index contributed by atoms with van der Waals surface area (Å²) in [6.45, 7) is 0.237. The van der Waals surface area contributed by atoms with Gasteiger partial charge in [-0.05, 0) is 11.1 Å². The molecule has 0 aliphatic rings. The highest BCUT2D eigenvalue weighted by Crippen LogP contribution is 2.04. The summed E-state index contributed by atoms with van der Waals surface area (Å²) in [5.41, 5.74) is 4.49. The lowest BCUT2D eigenvalue weighted by Gasteiger charge is -2.01. The third kappa shape index (κ3) is 2.60. The van der Waals surface area contributed by atoms with E-state index >= 15 is 0 Å². The van der Waals surface area contributed by atoms with Gasteiger partial charge in [0.05, 0.1) is 7.11 Å². The normalized spacial score (nSPS) is 10.2. The summed E-state index contributed by atoms with van der Waals surface area (Å²) >= 11 is 0. The molecule has 12 heavy (non-hydrogen) atoms. The predicted octanol–water partition coefficient (Wildman–Crippen LogP) is 1.81. The van der Waals surface area contributed by atoms with Crippen molar-refractivity contribution < 1.29 is 9.23 Å². The van der Waals surface area contributed by atoms with Crippen molar-refractivity contribution in [2.75, 3.05) is 7.11 Å². The highest BCUT2D eigenvalue weighted by atomic mass is 19.1. The molecule has 1 aromatic carbocycles. The second-order valence-corrected chi connectivity index (χ2v) is 2.48. The molecule has 66 valence electrons. The van der Waals surface area contributed by atoms with E-state index in [9.17, 15) is 4.39 Å². The third-order valence-corrected chi connectivity index (χ3v) is 1.60. The molecule has 1 rings (SSSR count). The molecule has 0 heterocycles. The average Bonchev–Trinajstić information content (AvgIpc) is 2.15. The molecule has 0 spiro atoms. The Kier molecular flexibility index (Phi) is 3.70. The lowest BCUT2D eigenvalue weighted by atomic mass is 10.1. The monoisotopic (exact) mass is 169 g/mol. The standard InChI is InChI=1S/C9H12FNO/c1-12-11-7-9-4-2-8(6-10)3-5-9/h2-5,11H,6-7H2,1H3. The molecule has 0 aliphatic carbocycles. The summed E-state index contributed by atoms with van der Waals surface area (Å²) in [5.74, 6) is 0. The maximum Gasteiger partial charge on any atom is 0.115 e. The van der Waals surface area contributed by atoms with E-state index in [-0.39, 0.29) is 0 Å². The maximum absolute atomic E-state index is 12.1. The molecule has 0 saturated heterocycles. The van der Waals surface area contributed by atoms with Crippen LogP contribution >= 0.6 is 0 Å². The highest BCUT2D eigenvalue weighted by Gasteiger charge is 1.92. The average molecular weight is 169 g/mol. The van der Waals surface area contributed by atoms with E-state index in [1.165, 1.54) is 0 Å². The highest BCUT2D eigenvalue weighted by molar-refractivity contribution is 5.21. The Balaban J connectivity index is 2.53. The number of alkyl halides is 1. The van der Waals surface area contributed by atoms with Crippen LogP contribution in [-0.2, 0) is 18.1 Å². The van der Waals surface area contributed by atoms with E-state index in [2.05, 4.69) is 10.3 Å². The molecule has 3 heteroatoms. The Bertz CT molecular complexity index is 222. The van der Waals surface area contributed by atoms with Crippen LogP contribution in [0.1, 0.15) is 11.1 Å². The summed E-state index contributed by atoms with van der Waals surface area (Å²) in [5, 5.41) is 0. The second kappa shape index (κ2) is 4.85. The van der Waals surface area contributed by atoms with Crippen molar-refractivity contribution in [2.45, 2.75) is 13.2 Å². The molecular formula is C9H12FNO. The summed E-state index contributed by atoms with van der Waals surface area (Å²) < 4.78 is 12.1. The molecule has 0 saturated carbocycles. The van der Waals surface area contributed by atoms with Crippen LogP contribution in [0.25, 0.3) is 0 Å².